The average molecular weight is 583 g/mol. The number of nitrogen functional groups attached to an aromatic ring is 1. The number of aromatic carboxylic acids is 1. The third-order valence-electron chi connectivity index (χ3n) is 6.65. The number of aryl methyl sites for hydroxylation is 1. The van der Waals surface area contributed by atoms with E-state index in [-0.39, 0.29) is 34.9 Å². The third-order valence-corrected chi connectivity index (χ3v) is 7.01. The van der Waals surface area contributed by atoms with Crippen molar-refractivity contribution in [2.24, 2.45) is 11.5 Å². The fourth-order valence-electron chi connectivity index (χ4n) is 4.48. The minimum absolute atomic E-state index is 0.0242. The van der Waals surface area contributed by atoms with Gasteiger partial charge in [-0.05, 0) is 26.3 Å². The molecule has 1 saturated heterocycles. The zero-order valence-corrected chi connectivity index (χ0v) is 22.0. The lowest BCUT2D eigenvalue weighted by molar-refractivity contribution is -0.152. The van der Waals surface area contributed by atoms with Crippen LogP contribution in [0, 0.1) is 24.4 Å². The summed E-state index contributed by atoms with van der Waals surface area (Å²) in [6.07, 6.45) is 1.88. The maximum atomic E-state index is 15.7. The Balaban J connectivity index is 1.78. The maximum Gasteiger partial charge on any atom is 0.341 e. The largest absolute Gasteiger partial charge is 0.477 e. The number of hydrogen-bond donors (Lipinski definition) is 4. The Morgan fingerprint density at radius 2 is 1.93 bits per heavy atom. The number of halogens is 4. The molecule has 214 valence electrons. The molecule has 1 aromatic carbocycles. The van der Waals surface area contributed by atoms with Gasteiger partial charge in [-0.1, -0.05) is 18.0 Å². The van der Waals surface area contributed by atoms with Gasteiger partial charge in [0.2, 0.25) is 5.43 Å². The lowest BCUT2D eigenvalue weighted by Crippen LogP contribution is -2.55. The van der Waals surface area contributed by atoms with Crippen LogP contribution < -0.4 is 27.5 Å². The summed E-state index contributed by atoms with van der Waals surface area (Å²) in [5, 5.41) is 8.76. The monoisotopic (exact) mass is 582 g/mol. The predicted octanol–water partition coefficient (Wildman–Crippen LogP) is 2.23. The molecule has 2 aromatic heterocycles. The molecular weight excluding hydrogens is 557 g/mol. The van der Waals surface area contributed by atoms with Gasteiger partial charge in [-0.2, -0.15) is 0 Å². The van der Waals surface area contributed by atoms with Gasteiger partial charge in [0.05, 0.1) is 34.7 Å². The number of carbonyl (C=O) groups is 2. The molecule has 40 heavy (non-hydrogen) atoms. The highest BCUT2D eigenvalue weighted by molar-refractivity contribution is 6.38. The Morgan fingerprint density at radius 1 is 1.25 bits per heavy atom. The molecule has 1 aliphatic rings. The molecule has 11 nitrogen and oxygen atoms in total. The summed E-state index contributed by atoms with van der Waals surface area (Å²) >= 11 is 6.60. The standard InChI is InChI=1S/C25H26ClF3N6O5/c1-10-16-19(35(9-12(21(16)36)24(37)38)23-14(28)6-13(27)22(32)33-23)17(26)20(18(10)29)34-7-11(8-34)40-25(39)15(31)4-2-3-5-30/h6,9,11,15H,2-5,7-8,30-31H2,1H3,(H2,32,33)(H,37,38)/t15-/m0/s1. The molecule has 0 aliphatic carbocycles. The van der Waals surface area contributed by atoms with Gasteiger partial charge in [0, 0.05) is 17.8 Å². The Morgan fingerprint density at radius 3 is 2.55 bits per heavy atom. The van der Waals surface area contributed by atoms with Crippen molar-refractivity contribution in [1.82, 2.24) is 9.55 Å². The molecule has 3 aromatic rings. The number of carbonyl (C=O) groups excluding carboxylic acids is 1. The number of aromatic nitrogens is 2. The number of nitrogens with two attached hydrogens (primary N) is 3. The molecule has 0 radical (unpaired) electrons. The van der Waals surface area contributed by atoms with E-state index in [1.165, 1.54) is 11.8 Å². The Bertz CT molecular complexity index is 1580. The van der Waals surface area contributed by atoms with Gasteiger partial charge in [-0.25, -0.2) is 22.9 Å². The van der Waals surface area contributed by atoms with Crippen LogP contribution in [0.25, 0.3) is 16.7 Å². The second-order valence-corrected chi connectivity index (χ2v) is 9.77. The average Bonchev–Trinajstić information content (AvgIpc) is 2.87. The van der Waals surface area contributed by atoms with Crippen LogP contribution >= 0.6 is 11.6 Å². The van der Waals surface area contributed by atoms with Gasteiger partial charge < -0.3 is 31.9 Å². The lowest BCUT2D eigenvalue weighted by atomic mass is 10.0. The van der Waals surface area contributed by atoms with Crippen molar-refractivity contribution >= 4 is 45.9 Å². The first-order chi connectivity index (χ1) is 18.9. The molecule has 0 bridgehead atoms. The quantitative estimate of drug-likeness (QED) is 0.216. The number of ether oxygens (including phenoxy) is 1. The molecular formula is C25H26ClF3N6O5. The number of hydrogen-bond acceptors (Lipinski definition) is 9. The topological polar surface area (TPSA) is 180 Å². The van der Waals surface area contributed by atoms with Crippen LogP contribution in [0.4, 0.5) is 24.7 Å². The molecule has 1 atom stereocenters. The summed E-state index contributed by atoms with van der Waals surface area (Å²) in [7, 11) is 0. The van der Waals surface area contributed by atoms with Gasteiger partial charge in [-0.3, -0.25) is 14.2 Å². The van der Waals surface area contributed by atoms with E-state index in [0.29, 0.717) is 31.9 Å². The van der Waals surface area contributed by atoms with E-state index in [1.54, 1.807) is 0 Å². The van der Waals surface area contributed by atoms with Gasteiger partial charge in [0.1, 0.15) is 17.7 Å². The van der Waals surface area contributed by atoms with E-state index in [4.69, 9.17) is 33.5 Å². The van der Waals surface area contributed by atoms with Crippen molar-refractivity contribution in [3.63, 3.8) is 0 Å². The summed E-state index contributed by atoms with van der Waals surface area (Å²) in [6, 6.07) is -0.408. The number of rotatable bonds is 9. The molecule has 0 saturated carbocycles. The molecule has 0 amide bonds. The molecule has 15 heteroatoms. The smallest absolute Gasteiger partial charge is 0.341 e. The summed E-state index contributed by atoms with van der Waals surface area (Å²) in [5.41, 5.74) is 14.2. The van der Waals surface area contributed by atoms with Crippen molar-refractivity contribution in [1.29, 1.82) is 0 Å². The van der Waals surface area contributed by atoms with Crippen LogP contribution in [-0.4, -0.2) is 58.4 Å². The van der Waals surface area contributed by atoms with Crippen LogP contribution in [0.3, 0.4) is 0 Å². The molecule has 1 fully saturated rings. The molecule has 4 rings (SSSR count). The van der Waals surface area contributed by atoms with Gasteiger partial charge in [0.15, 0.2) is 29.1 Å². The summed E-state index contributed by atoms with van der Waals surface area (Å²) in [5.74, 6) is -7.00. The van der Waals surface area contributed by atoms with E-state index in [1.807, 2.05) is 0 Å². The van der Waals surface area contributed by atoms with Crippen LogP contribution in [-0.2, 0) is 9.53 Å². The molecule has 0 spiro atoms. The van der Waals surface area contributed by atoms with E-state index in [0.717, 1.165) is 10.8 Å². The molecule has 0 unspecified atom stereocenters. The predicted molar refractivity (Wildman–Crippen MR) is 141 cm³/mol. The number of anilines is 2. The minimum atomic E-state index is -1.68. The first kappa shape index (κ1) is 29.1. The number of pyridine rings is 2. The van der Waals surface area contributed by atoms with Crippen molar-refractivity contribution in [2.75, 3.05) is 30.3 Å². The zero-order chi connectivity index (χ0) is 29.5. The van der Waals surface area contributed by atoms with Crippen LogP contribution in [0.1, 0.15) is 35.2 Å². The van der Waals surface area contributed by atoms with Crippen LogP contribution in [0.15, 0.2) is 17.1 Å². The van der Waals surface area contributed by atoms with Crippen molar-refractivity contribution in [3.05, 3.63) is 56.1 Å². The van der Waals surface area contributed by atoms with E-state index in [9.17, 15) is 28.3 Å². The molecule has 1 aliphatic heterocycles. The number of carboxylic acid groups (broad SMARTS) is 1. The number of fused-ring (bicyclic) bond motifs is 1. The summed E-state index contributed by atoms with van der Waals surface area (Å²) < 4.78 is 50.6. The van der Waals surface area contributed by atoms with Crippen molar-refractivity contribution < 1.29 is 32.6 Å². The summed E-state index contributed by atoms with van der Waals surface area (Å²) in [6.45, 7) is 1.75. The lowest BCUT2D eigenvalue weighted by Gasteiger charge is -2.41. The second kappa shape index (κ2) is 11.3. The highest BCUT2D eigenvalue weighted by atomic mass is 35.5. The van der Waals surface area contributed by atoms with Gasteiger partial charge in [-0.15, -0.1) is 0 Å². The van der Waals surface area contributed by atoms with Gasteiger partial charge >= 0.3 is 11.9 Å². The molecule has 7 N–H and O–H groups in total. The third kappa shape index (κ3) is 5.17. The van der Waals surface area contributed by atoms with Crippen LogP contribution in [0.2, 0.25) is 5.02 Å². The fourth-order valence-corrected chi connectivity index (χ4v) is 4.87. The number of unbranched alkanes of at least 4 members (excludes halogenated alkanes) is 1. The Labute approximate surface area is 230 Å². The fraction of sp³-hybridized carbons (Fsp3) is 0.360. The van der Waals surface area contributed by atoms with E-state index >= 15 is 4.39 Å². The van der Waals surface area contributed by atoms with Crippen molar-refractivity contribution in [2.45, 2.75) is 38.3 Å². The highest BCUT2D eigenvalue weighted by Gasteiger charge is 2.36. The van der Waals surface area contributed by atoms with E-state index < -0.39 is 69.6 Å². The highest BCUT2D eigenvalue weighted by Crippen LogP contribution is 2.41. The minimum Gasteiger partial charge on any atom is -0.477 e. The first-order valence-electron chi connectivity index (χ1n) is 12.2. The number of esters is 1. The zero-order valence-electron chi connectivity index (χ0n) is 21.2. The first-order valence-corrected chi connectivity index (χ1v) is 12.6. The van der Waals surface area contributed by atoms with Crippen LogP contribution in [0.5, 0.6) is 0 Å². The van der Waals surface area contributed by atoms with Crippen molar-refractivity contribution in [3.8, 4) is 5.82 Å². The second-order valence-electron chi connectivity index (χ2n) is 9.39. The maximum absolute atomic E-state index is 15.7. The normalized spacial score (nSPS) is 14.3. The molecule has 3 heterocycles. The summed E-state index contributed by atoms with van der Waals surface area (Å²) in [4.78, 5) is 42.3. The number of nitrogens with zero attached hydrogens (tertiary/aromatic N) is 3. The van der Waals surface area contributed by atoms with Gasteiger partial charge in [0.25, 0.3) is 0 Å². The SMILES string of the molecule is Cc1c(F)c(N2CC(OC(=O)[C@@H](N)CCCCN)C2)c(Cl)c2c1c(=O)c(C(=O)O)cn2-c1nc(N)c(F)cc1F. The van der Waals surface area contributed by atoms with E-state index in [2.05, 4.69) is 4.98 Å². The number of carboxylic acids is 1. The number of benzene rings is 1. The Hall–Kier alpha value is -3.88. The Kier molecular flexibility index (Phi) is 8.23.